The molecule has 0 spiro atoms. The van der Waals surface area contributed by atoms with Gasteiger partial charge in [0, 0.05) is 23.6 Å². The van der Waals surface area contributed by atoms with Crippen molar-refractivity contribution >= 4 is 5.82 Å². The molecule has 3 heterocycles. The number of rotatable bonds is 4. The lowest BCUT2D eigenvalue weighted by molar-refractivity contribution is 0.108. The van der Waals surface area contributed by atoms with Crippen molar-refractivity contribution in [2.45, 2.75) is 57.6 Å². The fraction of sp³-hybridized carbons (Fsp3) is 0.556. The number of ether oxygens (including phenoxy) is 1. The summed E-state index contributed by atoms with van der Waals surface area (Å²) < 4.78 is 5.35. The quantitative estimate of drug-likeness (QED) is 0.879. The van der Waals surface area contributed by atoms with Gasteiger partial charge in [0.05, 0.1) is 31.0 Å². The molecule has 2 aliphatic carbocycles. The maximum Gasteiger partial charge on any atom is 0.256 e. The zero-order chi connectivity index (χ0) is 16.8. The zero-order valence-corrected chi connectivity index (χ0v) is 14.1. The second kappa shape index (κ2) is 5.91. The molecule has 130 valence electrons. The highest BCUT2D eigenvalue weighted by molar-refractivity contribution is 5.49. The van der Waals surface area contributed by atoms with Crippen molar-refractivity contribution in [3.63, 3.8) is 0 Å². The molecule has 7 nitrogen and oxygen atoms in total. The largest absolute Gasteiger partial charge is 0.376 e. The Balaban J connectivity index is 1.41. The summed E-state index contributed by atoms with van der Waals surface area (Å²) in [6.07, 6.45) is 6.29. The normalized spacial score (nSPS) is 18.7. The Morgan fingerprint density at radius 2 is 1.96 bits per heavy atom. The fourth-order valence-corrected chi connectivity index (χ4v) is 3.67. The molecular formula is C18H21N5O2. The number of hydrogen-bond donors (Lipinski definition) is 2. The number of nitrogens with one attached hydrogen (secondary N) is 2. The van der Waals surface area contributed by atoms with Crippen LogP contribution >= 0.6 is 0 Å². The van der Waals surface area contributed by atoms with Crippen molar-refractivity contribution in [1.82, 2.24) is 19.9 Å². The molecule has 0 unspecified atom stereocenters. The Morgan fingerprint density at radius 1 is 1.08 bits per heavy atom. The lowest BCUT2D eigenvalue weighted by Crippen LogP contribution is -2.26. The van der Waals surface area contributed by atoms with E-state index in [2.05, 4.69) is 15.3 Å². The number of anilines is 1. The van der Waals surface area contributed by atoms with Crippen molar-refractivity contribution in [3.05, 3.63) is 44.5 Å². The Bertz CT molecular complexity index is 888. The van der Waals surface area contributed by atoms with Crippen molar-refractivity contribution in [2.24, 2.45) is 0 Å². The maximum absolute atomic E-state index is 12.2. The molecule has 3 aliphatic rings. The lowest BCUT2D eigenvalue weighted by Gasteiger charge is -2.16. The Kier molecular flexibility index (Phi) is 3.55. The minimum Gasteiger partial charge on any atom is -0.376 e. The van der Waals surface area contributed by atoms with Gasteiger partial charge in [0.15, 0.2) is 0 Å². The molecule has 7 heteroatoms. The molecule has 2 N–H and O–H groups in total. The highest BCUT2D eigenvalue weighted by Gasteiger charge is 2.29. The van der Waals surface area contributed by atoms with Crippen LogP contribution in [0.4, 0.5) is 5.82 Å². The van der Waals surface area contributed by atoms with Gasteiger partial charge < -0.3 is 15.0 Å². The highest BCUT2D eigenvalue weighted by atomic mass is 16.5. The van der Waals surface area contributed by atoms with E-state index in [0.717, 1.165) is 36.6 Å². The van der Waals surface area contributed by atoms with E-state index in [-0.39, 0.29) is 5.56 Å². The van der Waals surface area contributed by atoms with E-state index in [1.165, 1.54) is 24.1 Å². The topological polar surface area (TPSA) is 92.8 Å². The highest BCUT2D eigenvalue weighted by Crippen LogP contribution is 2.40. The van der Waals surface area contributed by atoms with Gasteiger partial charge in [-0.25, -0.2) is 15.0 Å². The first kappa shape index (κ1) is 15.0. The van der Waals surface area contributed by atoms with Gasteiger partial charge in [0.2, 0.25) is 0 Å². The summed E-state index contributed by atoms with van der Waals surface area (Å²) in [4.78, 5) is 29.2. The monoisotopic (exact) mass is 339 g/mol. The Labute approximate surface area is 145 Å². The van der Waals surface area contributed by atoms with Crippen LogP contribution in [0.25, 0.3) is 0 Å². The first-order valence-electron chi connectivity index (χ1n) is 9.10. The predicted molar refractivity (Wildman–Crippen MR) is 91.6 cm³/mol. The number of nitrogens with zero attached hydrogens (tertiary/aromatic N) is 3. The molecule has 0 bridgehead atoms. The van der Waals surface area contributed by atoms with E-state index in [1.54, 1.807) is 0 Å². The van der Waals surface area contributed by atoms with Crippen LogP contribution in [0, 0.1) is 0 Å². The van der Waals surface area contributed by atoms with Crippen LogP contribution in [-0.4, -0.2) is 26.5 Å². The molecule has 1 aliphatic heterocycles. The molecule has 2 aromatic heterocycles. The standard InChI is InChI=1S/C18H21N5O2/c24-18-12-9-25-7-6-14(12)20-15(22-18)8-19-17-11-2-1-3-13(11)21-16(23-17)10-4-5-10/h10H,1-9H2,(H,19,21,23)(H,20,22,24). The van der Waals surface area contributed by atoms with E-state index < -0.39 is 0 Å². The molecule has 0 saturated heterocycles. The summed E-state index contributed by atoms with van der Waals surface area (Å²) in [6, 6.07) is 0. The van der Waals surface area contributed by atoms with Gasteiger partial charge in [-0.15, -0.1) is 0 Å². The van der Waals surface area contributed by atoms with Gasteiger partial charge in [-0.1, -0.05) is 0 Å². The number of H-pyrrole nitrogens is 1. The number of fused-ring (bicyclic) bond motifs is 2. The molecule has 5 rings (SSSR count). The number of aromatic nitrogens is 4. The van der Waals surface area contributed by atoms with Gasteiger partial charge in [-0.05, 0) is 32.1 Å². The first-order chi connectivity index (χ1) is 12.3. The maximum atomic E-state index is 12.2. The molecule has 0 aromatic carbocycles. The number of aryl methyl sites for hydroxylation is 1. The zero-order valence-electron chi connectivity index (χ0n) is 14.1. The summed E-state index contributed by atoms with van der Waals surface area (Å²) in [5.74, 6) is 3.09. The summed E-state index contributed by atoms with van der Waals surface area (Å²) >= 11 is 0. The minimum absolute atomic E-state index is 0.0897. The molecule has 0 amide bonds. The summed E-state index contributed by atoms with van der Waals surface area (Å²) in [7, 11) is 0. The van der Waals surface area contributed by atoms with E-state index >= 15 is 0 Å². The van der Waals surface area contributed by atoms with Crippen molar-refractivity contribution in [2.75, 3.05) is 11.9 Å². The van der Waals surface area contributed by atoms with E-state index in [9.17, 15) is 4.79 Å². The van der Waals surface area contributed by atoms with Crippen molar-refractivity contribution < 1.29 is 4.74 Å². The number of aromatic amines is 1. The molecule has 1 fully saturated rings. The predicted octanol–water partition coefficient (Wildman–Crippen LogP) is 1.61. The summed E-state index contributed by atoms with van der Waals surface area (Å²) in [6.45, 7) is 1.45. The van der Waals surface area contributed by atoms with Crippen LogP contribution in [0.2, 0.25) is 0 Å². The number of hydrogen-bond acceptors (Lipinski definition) is 6. The van der Waals surface area contributed by atoms with Crippen LogP contribution in [0.15, 0.2) is 4.79 Å². The average Bonchev–Trinajstić information content (AvgIpc) is 3.37. The third kappa shape index (κ3) is 2.82. The molecule has 1 saturated carbocycles. The average molecular weight is 339 g/mol. The van der Waals surface area contributed by atoms with Gasteiger partial charge in [-0.2, -0.15) is 0 Å². The molecular weight excluding hydrogens is 318 g/mol. The smallest absolute Gasteiger partial charge is 0.256 e. The van der Waals surface area contributed by atoms with E-state index in [0.29, 0.717) is 43.5 Å². The van der Waals surface area contributed by atoms with Crippen LogP contribution in [-0.2, 0) is 37.2 Å². The SMILES string of the molecule is O=c1[nH]c(CNc2nc(C3CC3)nc3c2CCC3)nc2c1COCC2. The van der Waals surface area contributed by atoms with E-state index in [4.69, 9.17) is 14.7 Å². The fourth-order valence-electron chi connectivity index (χ4n) is 3.67. The third-order valence-electron chi connectivity index (χ3n) is 5.20. The van der Waals surface area contributed by atoms with Gasteiger partial charge in [0.25, 0.3) is 5.56 Å². The van der Waals surface area contributed by atoms with Crippen LogP contribution in [0.3, 0.4) is 0 Å². The second-order valence-electron chi connectivity index (χ2n) is 7.08. The van der Waals surface area contributed by atoms with Gasteiger partial charge in [-0.3, -0.25) is 4.79 Å². The van der Waals surface area contributed by atoms with Crippen LogP contribution in [0.5, 0.6) is 0 Å². The first-order valence-corrected chi connectivity index (χ1v) is 9.10. The second-order valence-corrected chi connectivity index (χ2v) is 7.08. The molecule has 25 heavy (non-hydrogen) atoms. The van der Waals surface area contributed by atoms with Gasteiger partial charge in [0.1, 0.15) is 17.5 Å². The third-order valence-corrected chi connectivity index (χ3v) is 5.20. The van der Waals surface area contributed by atoms with Crippen LogP contribution in [0.1, 0.15) is 59.3 Å². The Hall–Kier alpha value is -2.28. The molecule has 2 aromatic rings. The van der Waals surface area contributed by atoms with Gasteiger partial charge >= 0.3 is 0 Å². The molecule has 0 radical (unpaired) electrons. The Morgan fingerprint density at radius 3 is 2.84 bits per heavy atom. The van der Waals surface area contributed by atoms with E-state index in [1.807, 2.05) is 0 Å². The summed E-state index contributed by atoms with van der Waals surface area (Å²) in [5, 5.41) is 3.40. The minimum atomic E-state index is -0.0897. The van der Waals surface area contributed by atoms with Crippen LogP contribution < -0.4 is 10.9 Å². The van der Waals surface area contributed by atoms with Crippen molar-refractivity contribution in [1.29, 1.82) is 0 Å². The lowest BCUT2D eigenvalue weighted by atomic mass is 10.1. The summed E-state index contributed by atoms with van der Waals surface area (Å²) in [5.41, 5.74) is 3.86. The molecule has 0 atom stereocenters. The van der Waals surface area contributed by atoms with Crippen molar-refractivity contribution in [3.8, 4) is 0 Å².